The molecule has 0 aliphatic carbocycles. The van der Waals surface area contributed by atoms with Crippen LogP contribution in [0.15, 0.2) is 42.6 Å². The molecule has 0 radical (unpaired) electrons. The second kappa shape index (κ2) is 5.74. The summed E-state index contributed by atoms with van der Waals surface area (Å²) in [6.07, 6.45) is 2.84. The van der Waals surface area contributed by atoms with Crippen molar-refractivity contribution in [1.82, 2.24) is 19.4 Å². The smallest absolute Gasteiger partial charge is 0.164 e. The number of aromatic nitrogens is 3. The molecule has 1 unspecified atom stereocenters. The molecule has 0 amide bonds. The van der Waals surface area contributed by atoms with Crippen LogP contribution in [0.3, 0.4) is 0 Å². The average Bonchev–Trinajstić information content (AvgIpc) is 3.19. The average molecular weight is 310 g/mol. The number of imidazole rings is 1. The Bertz CT molecular complexity index is 842. The summed E-state index contributed by atoms with van der Waals surface area (Å²) < 4.78 is 15.7. The fourth-order valence-corrected chi connectivity index (χ4v) is 3.40. The Balaban J connectivity index is 1.88. The number of likely N-dealkylation sites (N-methyl/N-ethyl adjacent to an activating group) is 1. The number of halogens is 1. The first kappa shape index (κ1) is 14.3. The lowest BCUT2D eigenvalue weighted by molar-refractivity contribution is 0.352. The van der Waals surface area contributed by atoms with Crippen LogP contribution in [0.2, 0.25) is 0 Å². The lowest BCUT2D eigenvalue weighted by atomic mass is 10.1. The lowest BCUT2D eigenvalue weighted by Crippen LogP contribution is -2.20. The summed E-state index contributed by atoms with van der Waals surface area (Å²) in [7, 11) is 0. The van der Waals surface area contributed by atoms with Crippen LogP contribution >= 0.6 is 0 Å². The predicted octanol–water partition coefficient (Wildman–Crippen LogP) is 3.37. The van der Waals surface area contributed by atoms with Crippen molar-refractivity contribution in [2.75, 3.05) is 19.6 Å². The third-order valence-electron chi connectivity index (χ3n) is 4.59. The van der Waals surface area contributed by atoms with E-state index in [1.807, 2.05) is 22.8 Å². The Morgan fingerprint density at radius 1 is 1.26 bits per heavy atom. The molecule has 23 heavy (non-hydrogen) atoms. The Morgan fingerprint density at radius 2 is 2.17 bits per heavy atom. The van der Waals surface area contributed by atoms with Crippen molar-refractivity contribution >= 4 is 11.2 Å². The quantitative estimate of drug-likeness (QED) is 0.744. The zero-order chi connectivity index (χ0) is 15.8. The van der Waals surface area contributed by atoms with Crippen LogP contribution < -0.4 is 0 Å². The number of likely N-dealkylation sites (tertiary alicyclic amines) is 1. The first-order valence-corrected chi connectivity index (χ1v) is 8.08. The molecule has 5 heteroatoms. The maximum absolute atomic E-state index is 13.7. The van der Waals surface area contributed by atoms with E-state index in [1.165, 1.54) is 6.07 Å². The minimum Gasteiger partial charge on any atom is -0.303 e. The molecule has 4 nitrogen and oxygen atoms in total. The highest BCUT2D eigenvalue weighted by atomic mass is 19.1. The van der Waals surface area contributed by atoms with Gasteiger partial charge < -0.3 is 4.90 Å². The van der Waals surface area contributed by atoms with Crippen LogP contribution in [0.1, 0.15) is 25.1 Å². The molecule has 0 N–H and O–H groups in total. The summed E-state index contributed by atoms with van der Waals surface area (Å²) in [6, 6.07) is 10.5. The van der Waals surface area contributed by atoms with Crippen LogP contribution in [-0.2, 0) is 0 Å². The first-order valence-electron chi connectivity index (χ1n) is 8.08. The molecule has 3 heterocycles. The summed E-state index contributed by atoms with van der Waals surface area (Å²) in [5.74, 6) is 1.10. The van der Waals surface area contributed by atoms with Gasteiger partial charge in [0, 0.05) is 18.7 Å². The van der Waals surface area contributed by atoms with Gasteiger partial charge in [-0.05, 0) is 49.8 Å². The molecular weight excluding hydrogens is 291 g/mol. The minimum absolute atomic E-state index is 0.243. The number of benzene rings is 1. The van der Waals surface area contributed by atoms with E-state index in [4.69, 9.17) is 4.98 Å². The van der Waals surface area contributed by atoms with Crippen LogP contribution in [0.25, 0.3) is 16.9 Å². The van der Waals surface area contributed by atoms with Crippen LogP contribution in [0, 0.1) is 5.82 Å². The van der Waals surface area contributed by atoms with E-state index < -0.39 is 0 Å². The zero-order valence-electron chi connectivity index (χ0n) is 13.1. The third-order valence-corrected chi connectivity index (χ3v) is 4.59. The van der Waals surface area contributed by atoms with E-state index in [9.17, 15) is 4.39 Å². The number of hydrogen-bond donors (Lipinski definition) is 0. The van der Waals surface area contributed by atoms with E-state index in [2.05, 4.69) is 16.8 Å². The molecular formula is C18H19FN4. The van der Waals surface area contributed by atoms with Crippen LogP contribution in [0.4, 0.5) is 4.39 Å². The zero-order valence-corrected chi connectivity index (χ0v) is 13.1. The Labute approximate surface area is 134 Å². The molecule has 1 aliphatic heterocycles. The van der Waals surface area contributed by atoms with Gasteiger partial charge in [0.05, 0.1) is 5.69 Å². The summed E-state index contributed by atoms with van der Waals surface area (Å²) in [5.41, 5.74) is 2.45. The highest BCUT2D eigenvalue weighted by molar-refractivity contribution is 5.74. The second-order valence-corrected chi connectivity index (χ2v) is 6.01. The highest BCUT2D eigenvalue weighted by Crippen LogP contribution is 2.31. The summed E-state index contributed by atoms with van der Waals surface area (Å²) >= 11 is 0. The molecule has 1 fully saturated rings. The van der Waals surface area contributed by atoms with Gasteiger partial charge in [-0.2, -0.15) is 0 Å². The van der Waals surface area contributed by atoms with Crippen molar-refractivity contribution in [3.8, 4) is 5.69 Å². The van der Waals surface area contributed by atoms with Gasteiger partial charge in [-0.3, -0.25) is 4.57 Å². The third kappa shape index (κ3) is 2.51. The molecule has 3 aromatic rings. The fourth-order valence-electron chi connectivity index (χ4n) is 3.40. The van der Waals surface area contributed by atoms with Crippen molar-refractivity contribution in [3.05, 3.63) is 54.2 Å². The topological polar surface area (TPSA) is 34.0 Å². The first-order chi connectivity index (χ1) is 11.3. The van der Waals surface area contributed by atoms with E-state index in [1.54, 1.807) is 18.3 Å². The summed E-state index contributed by atoms with van der Waals surface area (Å²) in [5, 5.41) is 0. The predicted molar refractivity (Wildman–Crippen MR) is 88.3 cm³/mol. The number of nitrogens with zero attached hydrogens (tertiary/aromatic N) is 4. The van der Waals surface area contributed by atoms with E-state index in [0.29, 0.717) is 5.92 Å². The van der Waals surface area contributed by atoms with Gasteiger partial charge in [0.25, 0.3) is 0 Å². The summed E-state index contributed by atoms with van der Waals surface area (Å²) in [4.78, 5) is 11.7. The molecule has 0 bridgehead atoms. The fraction of sp³-hybridized carbons (Fsp3) is 0.333. The van der Waals surface area contributed by atoms with Gasteiger partial charge in [0.15, 0.2) is 5.65 Å². The SMILES string of the molecule is CCN1CCC(c2nc3cccnc3n2-c2cccc(F)c2)C1. The van der Waals surface area contributed by atoms with Crippen molar-refractivity contribution in [1.29, 1.82) is 0 Å². The van der Waals surface area contributed by atoms with E-state index in [0.717, 1.165) is 48.7 Å². The largest absolute Gasteiger partial charge is 0.303 e. The lowest BCUT2D eigenvalue weighted by Gasteiger charge is -2.15. The molecule has 0 spiro atoms. The maximum atomic E-state index is 13.7. The van der Waals surface area contributed by atoms with Crippen LogP contribution in [-0.4, -0.2) is 39.1 Å². The van der Waals surface area contributed by atoms with Crippen molar-refractivity contribution in [2.45, 2.75) is 19.3 Å². The van der Waals surface area contributed by atoms with E-state index in [-0.39, 0.29) is 5.82 Å². The van der Waals surface area contributed by atoms with Gasteiger partial charge in [0.1, 0.15) is 17.2 Å². The molecule has 1 saturated heterocycles. The molecule has 1 aromatic carbocycles. The standard InChI is InChI=1S/C18H19FN4/c1-2-22-10-8-13(12-22)17-21-16-7-4-9-20-18(16)23(17)15-6-3-5-14(19)11-15/h3-7,9,11,13H,2,8,10,12H2,1H3. The molecule has 4 rings (SSSR count). The van der Waals surface area contributed by atoms with Gasteiger partial charge in [-0.15, -0.1) is 0 Å². The number of fused-ring (bicyclic) bond motifs is 1. The number of hydrogen-bond acceptors (Lipinski definition) is 3. The molecule has 118 valence electrons. The normalized spacial score (nSPS) is 18.8. The van der Waals surface area contributed by atoms with E-state index >= 15 is 0 Å². The van der Waals surface area contributed by atoms with Crippen molar-refractivity contribution < 1.29 is 4.39 Å². The maximum Gasteiger partial charge on any atom is 0.164 e. The summed E-state index contributed by atoms with van der Waals surface area (Å²) in [6.45, 7) is 5.31. The molecule has 1 atom stereocenters. The number of pyridine rings is 1. The Kier molecular flexibility index (Phi) is 3.58. The minimum atomic E-state index is -0.243. The monoisotopic (exact) mass is 310 g/mol. The van der Waals surface area contributed by atoms with Gasteiger partial charge >= 0.3 is 0 Å². The molecule has 1 aliphatic rings. The highest BCUT2D eigenvalue weighted by Gasteiger charge is 2.28. The van der Waals surface area contributed by atoms with Gasteiger partial charge in [-0.1, -0.05) is 13.0 Å². The van der Waals surface area contributed by atoms with Crippen molar-refractivity contribution in [2.24, 2.45) is 0 Å². The molecule has 0 saturated carbocycles. The van der Waals surface area contributed by atoms with Crippen molar-refractivity contribution in [3.63, 3.8) is 0 Å². The van der Waals surface area contributed by atoms with Gasteiger partial charge in [-0.25, -0.2) is 14.4 Å². The molecule has 2 aromatic heterocycles. The number of rotatable bonds is 3. The van der Waals surface area contributed by atoms with Crippen LogP contribution in [0.5, 0.6) is 0 Å². The Morgan fingerprint density at radius 3 is 2.96 bits per heavy atom. The second-order valence-electron chi connectivity index (χ2n) is 6.01. The Hall–Kier alpha value is -2.27. The van der Waals surface area contributed by atoms with Gasteiger partial charge in [0.2, 0.25) is 0 Å².